The number of para-hydroxylation sites is 1. The summed E-state index contributed by atoms with van der Waals surface area (Å²) in [6, 6.07) is 23.0. The maximum Gasteiger partial charge on any atom is 0.196 e. The minimum atomic E-state index is 0.279. The number of methoxy groups -OCH3 is 1. The van der Waals surface area contributed by atoms with Gasteiger partial charge < -0.3 is 9.47 Å². The molecule has 4 aromatic rings. The SMILES string of the molecule is COc1ccc(OCc2nnc(SCc3ccc(Cl)c(Cl)c3)n2-c2ccccc2)cc1. The third-order valence-corrected chi connectivity index (χ3v) is 6.23. The van der Waals surface area contributed by atoms with Crippen LogP contribution in [0.2, 0.25) is 10.0 Å². The molecule has 0 unspecified atom stereocenters. The normalized spacial score (nSPS) is 10.8. The summed E-state index contributed by atoms with van der Waals surface area (Å²) in [5.74, 6) is 2.90. The van der Waals surface area contributed by atoms with Gasteiger partial charge in [-0.3, -0.25) is 4.57 Å². The van der Waals surface area contributed by atoms with Gasteiger partial charge in [0, 0.05) is 11.4 Å². The minimum Gasteiger partial charge on any atom is -0.497 e. The molecule has 0 saturated heterocycles. The van der Waals surface area contributed by atoms with E-state index in [1.165, 1.54) is 0 Å². The van der Waals surface area contributed by atoms with E-state index in [2.05, 4.69) is 10.2 Å². The maximum atomic E-state index is 6.15. The van der Waals surface area contributed by atoms with E-state index in [9.17, 15) is 0 Å². The van der Waals surface area contributed by atoms with Crippen molar-refractivity contribution in [3.05, 3.63) is 94.2 Å². The number of aromatic nitrogens is 3. The van der Waals surface area contributed by atoms with E-state index in [1.807, 2.05) is 71.3 Å². The molecular weight excluding hydrogens is 453 g/mol. The lowest BCUT2D eigenvalue weighted by Crippen LogP contribution is -2.06. The topological polar surface area (TPSA) is 49.2 Å². The molecule has 158 valence electrons. The number of ether oxygens (including phenoxy) is 2. The molecule has 0 aliphatic carbocycles. The third kappa shape index (κ3) is 5.34. The van der Waals surface area contributed by atoms with Crippen LogP contribution in [-0.2, 0) is 12.4 Å². The molecule has 4 rings (SSSR count). The Balaban J connectivity index is 1.55. The zero-order chi connectivity index (χ0) is 21.6. The standard InChI is InChI=1S/C23H19Cl2N3O2S/c1-29-18-8-10-19(11-9-18)30-14-22-26-27-23(28(22)17-5-3-2-4-6-17)31-15-16-7-12-20(24)21(25)13-16/h2-13H,14-15H2,1H3. The molecule has 0 aliphatic heterocycles. The summed E-state index contributed by atoms with van der Waals surface area (Å²) < 4.78 is 13.1. The first kappa shape index (κ1) is 21.6. The van der Waals surface area contributed by atoms with Crippen LogP contribution in [-0.4, -0.2) is 21.9 Å². The van der Waals surface area contributed by atoms with E-state index >= 15 is 0 Å². The van der Waals surface area contributed by atoms with E-state index < -0.39 is 0 Å². The zero-order valence-corrected chi connectivity index (χ0v) is 19.0. The summed E-state index contributed by atoms with van der Waals surface area (Å²) in [4.78, 5) is 0. The smallest absolute Gasteiger partial charge is 0.196 e. The highest BCUT2D eigenvalue weighted by atomic mass is 35.5. The molecule has 0 bridgehead atoms. The van der Waals surface area contributed by atoms with Crippen LogP contribution in [0.25, 0.3) is 5.69 Å². The zero-order valence-electron chi connectivity index (χ0n) is 16.7. The molecule has 3 aromatic carbocycles. The first-order valence-corrected chi connectivity index (χ1v) is 11.2. The second kappa shape index (κ2) is 10.1. The fourth-order valence-electron chi connectivity index (χ4n) is 2.92. The van der Waals surface area contributed by atoms with Crippen LogP contribution in [0.5, 0.6) is 11.5 Å². The molecule has 1 heterocycles. The lowest BCUT2D eigenvalue weighted by atomic mass is 10.2. The molecule has 0 fully saturated rings. The van der Waals surface area contributed by atoms with Crippen molar-refractivity contribution in [2.75, 3.05) is 7.11 Å². The van der Waals surface area contributed by atoms with E-state index in [0.29, 0.717) is 21.6 Å². The maximum absolute atomic E-state index is 6.15. The van der Waals surface area contributed by atoms with Crippen LogP contribution in [0.1, 0.15) is 11.4 Å². The van der Waals surface area contributed by atoms with Crippen LogP contribution in [0, 0.1) is 0 Å². The van der Waals surface area contributed by atoms with Crippen molar-refractivity contribution in [3.63, 3.8) is 0 Å². The van der Waals surface area contributed by atoms with E-state index in [1.54, 1.807) is 24.9 Å². The third-order valence-electron chi connectivity index (χ3n) is 4.49. The molecular formula is C23H19Cl2N3O2S. The van der Waals surface area contributed by atoms with Crippen molar-refractivity contribution in [2.45, 2.75) is 17.5 Å². The average Bonchev–Trinajstić information content (AvgIpc) is 3.22. The first-order chi connectivity index (χ1) is 15.1. The van der Waals surface area contributed by atoms with Gasteiger partial charge in [-0.25, -0.2) is 0 Å². The van der Waals surface area contributed by atoms with Crippen molar-refractivity contribution in [3.8, 4) is 17.2 Å². The summed E-state index contributed by atoms with van der Waals surface area (Å²) in [6.07, 6.45) is 0. The van der Waals surface area contributed by atoms with Crippen LogP contribution in [0.4, 0.5) is 0 Å². The van der Waals surface area contributed by atoms with Crippen LogP contribution < -0.4 is 9.47 Å². The molecule has 1 aromatic heterocycles. The molecule has 0 saturated carbocycles. The Bertz CT molecular complexity index is 1150. The van der Waals surface area contributed by atoms with Gasteiger partial charge in [-0.15, -0.1) is 10.2 Å². The number of benzene rings is 3. The van der Waals surface area contributed by atoms with Crippen molar-refractivity contribution in [1.82, 2.24) is 14.8 Å². The van der Waals surface area contributed by atoms with Crippen molar-refractivity contribution in [1.29, 1.82) is 0 Å². The number of rotatable bonds is 8. The highest BCUT2D eigenvalue weighted by Gasteiger charge is 2.15. The summed E-state index contributed by atoms with van der Waals surface area (Å²) >= 11 is 13.7. The lowest BCUT2D eigenvalue weighted by Gasteiger charge is -2.11. The average molecular weight is 472 g/mol. The Hall–Kier alpha value is -2.67. The van der Waals surface area contributed by atoms with Gasteiger partial charge in [-0.2, -0.15) is 0 Å². The number of nitrogens with zero attached hydrogens (tertiary/aromatic N) is 3. The van der Waals surface area contributed by atoms with Crippen LogP contribution >= 0.6 is 35.0 Å². The highest BCUT2D eigenvalue weighted by molar-refractivity contribution is 7.98. The Morgan fingerprint density at radius 3 is 2.32 bits per heavy atom. The van der Waals surface area contributed by atoms with Gasteiger partial charge in [0.2, 0.25) is 0 Å². The van der Waals surface area contributed by atoms with Gasteiger partial charge in [0.1, 0.15) is 18.1 Å². The summed E-state index contributed by atoms with van der Waals surface area (Å²) in [6.45, 7) is 0.279. The second-order valence-corrected chi connectivity index (χ2v) is 8.33. The van der Waals surface area contributed by atoms with Crippen molar-refractivity contribution in [2.24, 2.45) is 0 Å². The number of thioether (sulfide) groups is 1. The largest absolute Gasteiger partial charge is 0.497 e. The predicted molar refractivity (Wildman–Crippen MR) is 125 cm³/mol. The summed E-state index contributed by atoms with van der Waals surface area (Å²) in [5, 5.41) is 10.6. The fraction of sp³-hybridized carbons (Fsp3) is 0.130. The first-order valence-electron chi connectivity index (χ1n) is 9.47. The molecule has 31 heavy (non-hydrogen) atoms. The molecule has 0 atom stereocenters. The number of hydrogen-bond donors (Lipinski definition) is 0. The van der Waals surface area contributed by atoms with E-state index in [0.717, 1.165) is 27.9 Å². The van der Waals surface area contributed by atoms with Crippen molar-refractivity contribution >= 4 is 35.0 Å². The molecule has 0 aliphatic rings. The highest BCUT2D eigenvalue weighted by Crippen LogP contribution is 2.29. The van der Waals surface area contributed by atoms with Gasteiger partial charge in [0.05, 0.1) is 17.2 Å². The molecule has 0 spiro atoms. The minimum absolute atomic E-state index is 0.279. The quantitative estimate of drug-likeness (QED) is 0.276. The van der Waals surface area contributed by atoms with Crippen LogP contribution in [0.3, 0.4) is 0 Å². The number of hydrogen-bond acceptors (Lipinski definition) is 5. The lowest BCUT2D eigenvalue weighted by molar-refractivity contribution is 0.292. The molecule has 8 heteroatoms. The Morgan fingerprint density at radius 1 is 0.871 bits per heavy atom. The van der Waals surface area contributed by atoms with Crippen molar-refractivity contribution < 1.29 is 9.47 Å². The van der Waals surface area contributed by atoms with Gasteiger partial charge in [0.15, 0.2) is 11.0 Å². The Labute approximate surface area is 194 Å². The number of halogens is 2. The molecule has 0 N–H and O–H groups in total. The Kier molecular flexibility index (Phi) is 7.02. The van der Waals surface area contributed by atoms with Gasteiger partial charge in [0.25, 0.3) is 0 Å². The predicted octanol–water partition coefficient (Wildman–Crippen LogP) is 6.45. The fourth-order valence-corrected chi connectivity index (χ4v) is 4.16. The Morgan fingerprint density at radius 2 is 1.61 bits per heavy atom. The van der Waals surface area contributed by atoms with E-state index in [4.69, 9.17) is 32.7 Å². The van der Waals surface area contributed by atoms with Gasteiger partial charge >= 0.3 is 0 Å². The van der Waals surface area contributed by atoms with Gasteiger partial charge in [-0.05, 0) is 54.1 Å². The molecule has 5 nitrogen and oxygen atoms in total. The summed E-state index contributed by atoms with van der Waals surface area (Å²) in [7, 11) is 1.63. The molecule has 0 amide bonds. The van der Waals surface area contributed by atoms with E-state index in [-0.39, 0.29) is 6.61 Å². The monoisotopic (exact) mass is 471 g/mol. The molecule has 0 radical (unpaired) electrons. The van der Waals surface area contributed by atoms with Gasteiger partial charge in [-0.1, -0.05) is 59.2 Å². The second-order valence-electron chi connectivity index (χ2n) is 6.57. The van der Waals surface area contributed by atoms with Crippen LogP contribution in [0.15, 0.2) is 78.0 Å². The summed E-state index contributed by atoms with van der Waals surface area (Å²) in [5.41, 5.74) is 2.02.